The van der Waals surface area contributed by atoms with Crippen LogP contribution in [0, 0.1) is 0 Å². The number of hydrogen-bond donors (Lipinski definition) is 0. The first-order chi connectivity index (χ1) is 9.17. The molecule has 1 heterocycles. The van der Waals surface area contributed by atoms with Crippen LogP contribution in [-0.2, 0) is 4.79 Å². The Labute approximate surface area is 112 Å². The van der Waals surface area contributed by atoms with Gasteiger partial charge in [-0.05, 0) is 31.0 Å². The highest BCUT2D eigenvalue weighted by molar-refractivity contribution is 6.43. The first-order valence-corrected chi connectivity index (χ1v) is 6.23. The lowest BCUT2D eigenvalue weighted by Gasteiger charge is -2.15. The zero-order valence-electron chi connectivity index (χ0n) is 11.1. The maximum atomic E-state index is 12.3. The zero-order valence-corrected chi connectivity index (χ0v) is 11.1. The maximum Gasteiger partial charge on any atom is 0.295 e. The van der Waals surface area contributed by atoms with Crippen molar-refractivity contribution in [1.82, 2.24) is 4.90 Å². The zero-order chi connectivity index (χ0) is 13.8. The van der Waals surface area contributed by atoms with E-state index in [4.69, 9.17) is 9.47 Å². The van der Waals surface area contributed by atoms with E-state index in [1.165, 1.54) is 20.3 Å². The van der Waals surface area contributed by atoms with Gasteiger partial charge in [-0.15, -0.1) is 0 Å². The number of nitrogens with zero attached hydrogens (tertiary/aromatic N) is 1. The Bertz CT molecular complexity index is 492. The molecule has 0 aliphatic carbocycles. The van der Waals surface area contributed by atoms with Crippen molar-refractivity contribution in [3.63, 3.8) is 0 Å². The fourth-order valence-electron chi connectivity index (χ4n) is 2.17. The first-order valence-electron chi connectivity index (χ1n) is 6.23. The Morgan fingerprint density at radius 1 is 1.11 bits per heavy atom. The Morgan fingerprint density at radius 3 is 2.37 bits per heavy atom. The topological polar surface area (TPSA) is 55.8 Å². The van der Waals surface area contributed by atoms with Gasteiger partial charge in [0, 0.05) is 13.1 Å². The number of ketones is 1. The molecule has 0 aromatic heterocycles. The number of amides is 1. The van der Waals surface area contributed by atoms with E-state index >= 15 is 0 Å². The molecule has 0 saturated carbocycles. The summed E-state index contributed by atoms with van der Waals surface area (Å²) in [5.74, 6) is -0.0987. The van der Waals surface area contributed by atoms with E-state index in [-0.39, 0.29) is 5.56 Å². The predicted octanol–water partition coefficient (Wildman–Crippen LogP) is 1.51. The molecule has 2 rings (SSSR count). The average molecular weight is 263 g/mol. The van der Waals surface area contributed by atoms with Crippen molar-refractivity contribution >= 4 is 11.7 Å². The number of likely N-dealkylation sites (tertiary alicyclic amines) is 1. The summed E-state index contributed by atoms with van der Waals surface area (Å²) in [5, 5.41) is 0. The van der Waals surface area contributed by atoms with Gasteiger partial charge < -0.3 is 14.4 Å². The molecule has 0 N–H and O–H groups in total. The molecular weight excluding hydrogens is 246 g/mol. The van der Waals surface area contributed by atoms with Crippen LogP contribution in [0.1, 0.15) is 23.2 Å². The van der Waals surface area contributed by atoms with Crippen LogP contribution in [0.25, 0.3) is 0 Å². The predicted molar refractivity (Wildman–Crippen MR) is 69.7 cm³/mol. The molecule has 0 atom stereocenters. The third-order valence-corrected chi connectivity index (χ3v) is 3.24. The van der Waals surface area contributed by atoms with Gasteiger partial charge in [-0.2, -0.15) is 0 Å². The molecule has 0 spiro atoms. The average Bonchev–Trinajstić information content (AvgIpc) is 2.99. The van der Waals surface area contributed by atoms with Gasteiger partial charge in [0.2, 0.25) is 0 Å². The van der Waals surface area contributed by atoms with Crippen molar-refractivity contribution < 1.29 is 19.1 Å². The lowest BCUT2D eigenvalue weighted by Crippen LogP contribution is -2.34. The lowest BCUT2D eigenvalue weighted by molar-refractivity contribution is -0.125. The number of Topliss-reactive ketones (excluding diaryl/α,β-unsaturated/α-hetero) is 1. The molecule has 5 heteroatoms. The SMILES string of the molecule is COc1ccc(OC)c(C(=O)C(=O)N2CCCC2)c1. The van der Waals surface area contributed by atoms with Gasteiger partial charge in [0.05, 0.1) is 19.8 Å². The van der Waals surface area contributed by atoms with Gasteiger partial charge >= 0.3 is 0 Å². The van der Waals surface area contributed by atoms with Gasteiger partial charge in [0.1, 0.15) is 11.5 Å². The van der Waals surface area contributed by atoms with Crippen molar-refractivity contribution in [2.45, 2.75) is 12.8 Å². The van der Waals surface area contributed by atoms with Crippen LogP contribution >= 0.6 is 0 Å². The van der Waals surface area contributed by atoms with Gasteiger partial charge in [-0.1, -0.05) is 0 Å². The number of benzene rings is 1. The number of carbonyl (C=O) groups excluding carboxylic acids is 2. The van der Waals surface area contributed by atoms with E-state index in [1.54, 1.807) is 17.0 Å². The standard InChI is InChI=1S/C14H17NO4/c1-18-10-5-6-12(19-2)11(9-10)13(16)14(17)15-7-3-4-8-15/h5-6,9H,3-4,7-8H2,1-2H3. The molecule has 1 aromatic rings. The Hall–Kier alpha value is -2.04. The minimum atomic E-state index is -0.544. The number of carbonyl (C=O) groups is 2. The normalized spacial score (nSPS) is 14.3. The molecule has 1 amide bonds. The van der Waals surface area contributed by atoms with Crippen molar-refractivity contribution in [3.05, 3.63) is 23.8 Å². The van der Waals surface area contributed by atoms with E-state index < -0.39 is 11.7 Å². The summed E-state index contributed by atoms with van der Waals surface area (Å²) < 4.78 is 10.2. The Balaban J connectivity index is 2.28. The number of rotatable bonds is 4. The second-order valence-corrected chi connectivity index (χ2v) is 4.39. The van der Waals surface area contributed by atoms with Crippen LogP contribution in [0.2, 0.25) is 0 Å². The molecular formula is C14H17NO4. The Morgan fingerprint density at radius 2 is 1.79 bits per heavy atom. The number of ether oxygens (including phenoxy) is 2. The number of hydrogen-bond acceptors (Lipinski definition) is 4. The van der Waals surface area contributed by atoms with Crippen LogP contribution in [0.4, 0.5) is 0 Å². The highest BCUT2D eigenvalue weighted by atomic mass is 16.5. The fourth-order valence-corrected chi connectivity index (χ4v) is 2.17. The van der Waals surface area contributed by atoms with Gasteiger partial charge in [-0.25, -0.2) is 0 Å². The quantitative estimate of drug-likeness (QED) is 0.610. The van der Waals surface area contributed by atoms with Crippen molar-refractivity contribution in [2.75, 3.05) is 27.3 Å². The molecule has 0 unspecified atom stereocenters. The maximum absolute atomic E-state index is 12.3. The van der Waals surface area contributed by atoms with E-state index in [0.717, 1.165) is 12.8 Å². The molecule has 5 nitrogen and oxygen atoms in total. The van der Waals surface area contributed by atoms with Crippen LogP contribution in [0.15, 0.2) is 18.2 Å². The minimum Gasteiger partial charge on any atom is -0.497 e. The summed E-state index contributed by atoms with van der Waals surface area (Å²) in [6, 6.07) is 4.86. The smallest absolute Gasteiger partial charge is 0.295 e. The number of methoxy groups -OCH3 is 2. The molecule has 19 heavy (non-hydrogen) atoms. The molecule has 102 valence electrons. The van der Waals surface area contributed by atoms with E-state index in [2.05, 4.69) is 0 Å². The third-order valence-electron chi connectivity index (χ3n) is 3.24. The lowest BCUT2D eigenvalue weighted by atomic mass is 10.1. The molecule has 1 saturated heterocycles. The highest BCUT2D eigenvalue weighted by Crippen LogP contribution is 2.25. The van der Waals surface area contributed by atoms with Crippen LogP contribution < -0.4 is 9.47 Å². The van der Waals surface area contributed by atoms with E-state index in [1.807, 2.05) is 0 Å². The molecule has 1 fully saturated rings. The summed E-state index contributed by atoms with van der Waals surface area (Å²) in [6.07, 6.45) is 1.91. The van der Waals surface area contributed by atoms with E-state index in [0.29, 0.717) is 24.6 Å². The largest absolute Gasteiger partial charge is 0.497 e. The first kappa shape index (κ1) is 13.4. The summed E-state index contributed by atoms with van der Waals surface area (Å²) in [7, 11) is 2.98. The van der Waals surface area contributed by atoms with Crippen molar-refractivity contribution in [3.8, 4) is 11.5 Å². The monoisotopic (exact) mass is 263 g/mol. The summed E-state index contributed by atoms with van der Waals surface area (Å²) in [6.45, 7) is 1.30. The third kappa shape index (κ3) is 2.70. The molecule has 1 aliphatic rings. The minimum absolute atomic E-state index is 0.249. The van der Waals surface area contributed by atoms with Crippen molar-refractivity contribution in [1.29, 1.82) is 0 Å². The van der Waals surface area contributed by atoms with E-state index in [9.17, 15) is 9.59 Å². The second kappa shape index (κ2) is 5.73. The summed E-state index contributed by atoms with van der Waals surface area (Å²) >= 11 is 0. The molecule has 1 aliphatic heterocycles. The molecule has 0 bridgehead atoms. The van der Waals surface area contributed by atoms with Crippen LogP contribution in [-0.4, -0.2) is 43.9 Å². The van der Waals surface area contributed by atoms with Gasteiger partial charge in [0.15, 0.2) is 0 Å². The van der Waals surface area contributed by atoms with Gasteiger partial charge in [0.25, 0.3) is 11.7 Å². The summed E-state index contributed by atoms with van der Waals surface area (Å²) in [5.41, 5.74) is 0.249. The van der Waals surface area contributed by atoms with Crippen LogP contribution in [0.5, 0.6) is 11.5 Å². The fraction of sp³-hybridized carbons (Fsp3) is 0.429. The summed E-state index contributed by atoms with van der Waals surface area (Å²) in [4.78, 5) is 25.9. The Kier molecular flexibility index (Phi) is 4.04. The molecule has 1 aromatic carbocycles. The second-order valence-electron chi connectivity index (χ2n) is 4.39. The van der Waals surface area contributed by atoms with Crippen molar-refractivity contribution in [2.24, 2.45) is 0 Å². The molecule has 0 radical (unpaired) electrons. The van der Waals surface area contributed by atoms with Gasteiger partial charge in [-0.3, -0.25) is 9.59 Å². The highest BCUT2D eigenvalue weighted by Gasteiger charge is 2.27. The van der Waals surface area contributed by atoms with Crippen LogP contribution in [0.3, 0.4) is 0 Å².